The number of nitrogens with one attached hydrogen (secondary N) is 1. The van der Waals surface area contributed by atoms with Gasteiger partial charge >= 0.3 is 0 Å². The number of ether oxygens (including phenoxy) is 1. The highest BCUT2D eigenvalue weighted by molar-refractivity contribution is 7.99. The topological polar surface area (TPSA) is 88.6 Å². The first-order valence-corrected chi connectivity index (χ1v) is 9.81. The molecule has 0 aliphatic carbocycles. The molecule has 0 radical (unpaired) electrons. The minimum atomic E-state index is -3.43. The van der Waals surface area contributed by atoms with Crippen LogP contribution in [-0.2, 0) is 19.6 Å². The number of thioether (sulfide) groups is 1. The summed E-state index contributed by atoms with van der Waals surface area (Å²) in [5, 5.41) is 3.33. The van der Waals surface area contributed by atoms with Crippen LogP contribution in [-0.4, -0.2) is 62.7 Å². The van der Waals surface area contributed by atoms with Gasteiger partial charge in [0, 0.05) is 32.9 Å². The lowest BCUT2D eigenvalue weighted by Crippen LogP contribution is -2.28. The number of aromatic nitrogens is 1. The Kier molecular flexibility index (Phi) is 6.82. The summed E-state index contributed by atoms with van der Waals surface area (Å²) in [5.41, 5.74) is 0. The Labute approximate surface area is 140 Å². The number of sulfonamides is 1. The number of hydrogen-bond acceptors (Lipinski definition) is 6. The summed E-state index contributed by atoms with van der Waals surface area (Å²) in [5.74, 6) is 0.122. The smallest absolute Gasteiger partial charge is 0.244 e. The van der Waals surface area contributed by atoms with Crippen LogP contribution in [0.3, 0.4) is 0 Å². The van der Waals surface area contributed by atoms with E-state index in [-0.39, 0.29) is 16.6 Å². The molecule has 2 heterocycles. The highest BCUT2D eigenvalue weighted by atomic mass is 32.2. The van der Waals surface area contributed by atoms with Crippen molar-refractivity contribution in [2.75, 3.05) is 39.1 Å². The summed E-state index contributed by atoms with van der Waals surface area (Å²) >= 11 is 1.27. The van der Waals surface area contributed by atoms with Crippen LogP contribution in [0.2, 0.25) is 0 Å². The highest BCUT2D eigenvalue weighted by Gasteiger charge is 2.27. The molecule has 1 fully saturated rings. The van der Waals surface area contributed by atoms with Crippen LogP contribution >= 0.6 is 11.8 Å². The molecule has 1 N–H and O–H groups in total. The number of rotatable bonds is 8. The number of pyridine rings is 1. The summed E-state index contributed by atoms with van der Waals surface area (Å²) in [6.45, 7) is 2.08. The van der Waals surface area contributed by atoms with Crippen molar-refractivity contribution >= 4 is 27.7 Å². The third kappa shape index (κ3) is 5.17. The molecule has 0 unspecified atom stereocenters. The van der Waals surface area contributed by atoms with E-state index in [1.54, 1.807) is 19.2 Å². The van der Waals surface area contributed by atoms with Gasteiger partial charge in [0.1, 0.15) is 4.90 Å². The average Bonchev–Trinajstić information content (AvgIpc) is 3.09. The molecule has 23 heavy (non-hydrogen) atoms. The highest BCUT2D eigenvalue weighted by Crippen LogP contribution is 2.22. The fraction of sp³-hybridized carbons (Fsp3) is 0.571. The van der Waals surface area contributed by atoms with Gasteiger partial charge in [-0.15, -0.1) is 0 Å². The SMILES string of the molecule is COCCNC(=O)CSc1ccc(S(=O)(=O)N2CCCC2)cn1. The Bertz CT molecular complexity index is 613. The van der Waals surface area contributed by atoms with Gasteiger partial charge in [0.05, 0.1) is 17.4 Å². The fourth-order valence-corrected chi connectivity index (χ4v) is 4.30. The minimum Gasteiger partial charge on any atom is -0.383 e. The molecule has 1 aromatic rings. The summed E-state index contributed by atoms with van der Waals surface area (Å²) in [6.07, 6.45) is 3.16. The molecule has 0 spiro atoms. The van der Waals surface area contributed by atoms with Crippen molar-refractivity contribution in [1.29, 1.82) is 0 Å². The Morgan fingerprint density at radius 1 is 1.39 bits per heavy atom. The molecule has 0 aromatic carbocycles. The maximum Gasteiger partial charge on any atom is 0.244 e. The third-order valence-electron chi connectivity index (χ3n) is 3.39. The molecule has 1 amide bonds. The van der Waals surface area contributed by atoms with Crippen LogP contribution in [0.5, 0.6) is 0 Å². The molecule has 1 aliphatic heterocycles. The van der Waals surface area contributed by atoms with E-state index in [2.05, 4.69) is 10.3 Å². The number of methoxy groups -OCH3 is 1. The van der Waals surface area contributed by atoms with Gasteiger partial charge in [-0.2, -0.15) is 4.31 Å². The molecule has 2 rings (SSSR count). The molecule has 0 bridgehead atoms. The van der Waals surface area contributed by atoms with Crippen LogP contribution in [0.1, 0.15) is 12.8 Å². The van der Waals surface area contributed by atoms with Crippen molar-refractivity contribution in [2.45, 2.75) is 22.8 Å². The second-order valence-electron chi connectivity index (χ2n) is 5.07. The van der Waals surface area contributed by atoms with E-state index in [9.17, 15) is 13.2 Å². The molecule has 1 aliphatic rings. The monoisotopic (exact) mass is 359 g/mol. The Morgan fingerprint density at radius 3 is 2.74 bits per heavy atom. The van der Waals surface area contributed by atoms with Gasteiger partial charge in [-0.25, -0.2) is 13.4 Å². The maximum atomic E-state index is 12.4. The zero-order chi connectivity index (χ0) is 16.7. The maximum absolute atomic E-state index is 12.4. The van der Waals surface area contributed by atoms with E-state index >= 15 is 0 Å². The van der Waals surface area contributed by atoms with Crippen molar-refractivity contribution in [1.82, 2.24) is 14.6 Å². The van der Waals surface area contributed by atoms with Crippen LogP contribution in [0.25, 0.3) is 0 Å². The van der Waals surface area contributed by atoms with E-state index in [4.69, 9.17) is 4.74 Å². The lowest BCUT2D eigenvalue weighted by molar-refractivity contribution is -0.118. The number of hydrogen-bond donors (Lipinski definition) is 1. The molecule has 1 saturated heterocycles. The molecule has 0 saturated carbocycles. The Balaban J connectivity index is 1.88. The van der Waals surface area contributed by atoms with Gasteiger partial charge in [-0.05, 0) is 25.0 Å². The number of carbonyl (C=O) groups excluding carboxylic acids is 1. The average molecular weight is 359 g/mol. The van der Waals surface area contributed by atoms with Crippen LogP contribution in [0.4, 0.5) is 0 Å². The van der Waals surface area contributed by atoms with Crippen molar-refractivity contribution < 1.29 is 17.9 Å². The first kappa shape index (κ1) is 18.2. The first-order valence-electron chi connectivity index (χ1n) is 7.38. The van der Waals surface area contributed by atoms with Gasteiger partial charge in [-0.3, -0.25) is 4.79 Å². The number of amides is 1. The number of nitrogens with zero attached hydrogens (tertiary/aromatic N) is 2. The lowest BCUT2D eigenvalue weighted by atomic mass is 10.4. The second kappa shape index (κ2) is 8.62. The van der Waals surface area contributed by atoms with Crippen molar-refractivity contribution in [3.63, 3.8) is 0 Å². The Morgan fingerprint density at radius 2 is 2.13 bits per heavy atom. The summed E-state index contributed by atoms with van der Waals surface area (Å²) in [7, 11) is -1.86. The predicted octanol–water partition coefficient (Wildman–Crippen LogP) is 0.721. The van der Waals surface area contributed by atoms with Crippen LogP contribution < -0.4 is 5.32 Å². The van der Waals surface area contributed by atoms with Crippen LogP contribution in [0.15, 0.2) is 28.3 Å². The van der Waals surface area contributed by atoms with Gasteiger partial charge in [0.2, 0.25) is 15.9 Å². The molecule has 1 aromatic heterocycles. The van der Waals surface area contributed by atoms with E-state index < -0.39 is 10.0 Å². The lowest BCUT2D eigenvalue weighted by Gasteiger charge is -2.15. The van der Waals surface area contributed by atoms with Crippen molar-refractivity contribution in [3.05, 3.63) is 18.3 Å². The molecule has 9 heteroatoms. The fourth-order valence-electron chi connectivity index (χ4n) is 2.17. The predicted molar refractivity (Wildman–Crippen MR) is 87.8 cm³/mol. The standard InChI is InChI=1S/C14H21N3O4S2/c1-21-9-6-15-13(18)11-22-14-5-4-12(10-16-14)23(19,20)17-7-2-3-8-17/h4-5,10H,2-3,6-9,11H2,1H3,(H,15,18). The first-order chi connectivity index (χ1) is 11.0. The molecule has 7 nitrogen and oxygen atoms in total. The molecular formula is C14H21N3O4S2. The van der Waals surface area contributed by atoms with E-state index in [0.717, 1.165) is 12.8 Å². The summed E-state index contributed by atoms with van der Waals surface area (Å²) < 4.78 is 31.1. The van der Waals surface area contributed by atoms with E-state index in [1.807, 2.05) is 0 Å². The van der Waals surface area contributed by atoms with Gasteiger partial charge in [0.15, 0.2) is 0 Å². The zero-order valence-corrected chi connectivity index (χ0v) is 14.7. The van der Waals surface area contributed by atoms with Crippen molar-refractivity contribution in [2.24, 2.45) is 0 Å². The third-order valence-corrected chi connectivity index (χ3v) is 6.22. The second-order valence-corrected chi connectivity index (χ2v) is 8.01. The Hall–Kier alpha value is -1.16. The van der Waals surface area contributed by atoms with Gasteiger partial charge in [-0.1, -0.05) is 11.8 Å². The van der Waals surface area contributed by atoms with Crippen molar-refractivity contribution in [3.8, 4) is 0 Å². The minimum absolute atomic E-state index is 0.109. The quantitative estimate of drug-likeness (QED) is 0.543. The number of carbonyl (C=O) groups is 1. The molecular weight excluding hydrogens is 338 g/mol. The largest absolute Gasteiger partial charge is 0.383 e. The normalized spacial score (nSPS) is 15.7. The molecule has 0 atom stereocenters. The van der Waals surface area contributed by atoms with E-state index in [0.29, 0.717) is 31.3 Å². The van der Waals surface area contributed by atoms with Gasteiger partial charge in [0.25, 0.3) is 0 Å². The molecule has 128 valence electrons. The van der Waals surface area contributed by atoms with Gasteiger partial charge < -0.3 is 10.1 Å². The summed E-state index contributed by atoms with van der Waals surface area (Å²) in [6, 6.07) is 3.18. The van der Waals surface area contributed by atoms with Crippen LogP contribution in [0, 0.1) is 0 Å². The van der Waals surface area contributed by atoms with E-state index in [1.165, 1.54) is 22.3 Å². The summed E-state index contributed by atoms with van der Waals surface area (Å²) in [4.78, 5) is 15.9. The zero-order valence-electron chi connectivity index (χ0n) is 13.0.